The van der Waals surface area contributed by atoms with E-state index in [0.29, 0.717) is 4.90 Å². The molecule has 2 aromatic rings. The SMILES string of the molecule is O=C1C(Cl)=C(c2ccc(F)cc2)C(=O)N1c1ccc(F)c(F)c1. The van der Waals surface area contributed by atoms with Gasteiger partial charge in [-0.3, -0.25) is 9.59 Å². The van der Waals surface area contributed by atoms with Gasteiger partial charge in [0.05, 0.1) is 11.3 Å². The predicted octanol–water partition coefficient (Wildman–Crippen LogP) is 3.63. The van der Waals surface area contributed by atoms with Gasteiger partial charge in [-0.05, 0) is 29.8 Å². The van der Waals surface area contributed by atoms with E-state index in [2.05, 4.69) is 0 Å². The fourth-order valence-electron chi connectivity index (χ4n) is 2.23. The summed E-state index contributed by atoms with van der Waals surface area (Å²) < 4.78 is 39.3. The Bertz CT molecular complexity index is 862. The molecule has 3 rings (SSSR count). The van der Waals surface area contributed by atoms with Crippen LogP contribution in [0.3, 0.4) is 0 Å². The molecule has 0 fully saturated rings. The fourth-order valence-corrected chi connectivity index (χ4v) is 2.50. The lowest BCUT2D eigenvalue weighted by Gasteiger charge is -2.15. The molecule has 0 atom stereocenters. The van der Waals surface area contributed by atoms with Crippen LogP contribution in [-0.2, 0) is 9.59 Å². The third-order valence-electron chi connectivity index (χ3n) is 3.32. The Kier molecular flexibility index (Phi) is 3.69. The van der Waals surface area contributed by atoms with E-state index in [-0.39, 0.29) is 21.9 Å². The van der Waals surface area contributed by atoms with Gasteiger partial charge in [-0.2, -0.15) is 0 Å². The van der Waals surface area contributed by atoms with Crippen LogP contribution in [0.5, 0.6) is 0 Å². The van der Waals surface area contributed by atoms with E-state index < -0.39 is 29.3 Å². The van der Waals surface area contributed by atoms with Gasteiger partial charge in [0.2, 0.25) is 0 Å². The van der Waals surface area contributed by atoms with Crippen molar-refractivity contribution >= 4 is 34.7 Å². The molecule has 1 aliphatic heterocycles. The highest BCUT2D eigenvalue weighted by molar-refractivity contribution is 6.60. The maximum atomic E-state index is 13.3. The number of imide groups is 1. The Morgan fingerprint density at radius 1 is 0.826 bits per heavy atom. The van der Waals surface area contributed by atoms with Crippen molar-refractivity contribution in [2.24, 2.45) is 0 Å². The van der Waals surface area contributed by atoms with Crippen LogP contribution in [0.2, 0.25) is 0 Å². The minimum atomic E-state index is -1.20. The molecule has 0 bridgehead atoms. The van der Waals surface area contributed by atoms with Crippen LogP contribution in [0, 0.1) is 17.5 Å². The average Bonchev–Trinajstić information content (AvgIpc) is 2.74. The van der Waals surface area contributed by atoms with Gasteiger partial charge < -0.3 is 0 Å². The summed E-state index contributed by atoms with van der Waals surface area (Å²) in [5.41, 5.74) is -0.0182. The largest absolute Gasteiger partial charge is 0.277 e. The van der Waals surface area contributed by atoms with Gasteiger partial charge in [0.1, 0.15) is 10.8 Å². The monoisotopic (exact) mass is 337 g/mol. The smallest absolute Gasteiger partial charge is 0.268 e. The Hall–Kier alpha value is -2.60. The van der Waals surface area contributed by atoms with E-state index in [1.165, 1.54) is 12.1 Å². The third kappa shape index (κ3) is 2.51. The first kappa shape index (κ1) is 15.3. The summed E-state index contributed by atoms with van der Waals surface area (Å²) >= 11 is 5.92. The molecule has 3 nitrogen and oxygen atoms in total. The zero-order valence-electron chi connectivity index (χ0n) is 11.3. The second-order valence-electron chi connectivity index (χ2n) is 4.74. The van der Waals surface area contributed by atoms with E-state index in [1.54, 1.807) is 0 Å². The zero-order chi connectivity index (χ0) is 16.7. The van der Waals surface area contributed by atoms with Gasteiger partial charge in [0.15, 0.2) is 11.6 Å². The number of benzene rings is 2. The topological polar surface area (TPSA) is 37.4 Å². The summed E-state index contributed by atoms with van der Waals surface area (Å²) in [4.78, 5) is 25.3. The molecule has 2 aromatic carbocycles. The zero-order valence-corrected chi connectivity index (χ0v) is 12.1. The second-order valence-corrected chi connectivity index (χ2v) is 5.12. The molecule has 2 amide bonds. The van der Waals surface area contributed by atoms with E-state index in [4.69, 9.17) is 11.6 Å². The molecule has 0 aliphatic carbocycles. The van der Waals surface area contributed by atoms with Crippen LogP contribution in [-0.4, -0.2) is 11.8 Å². The second kappa shape index (κ2) is 5.55. The maximum absolute atomic E-state index is 13.3. The molecule has 0 saturated heterocycles. The molecule has 116 valence electrons. The number of rotatable bonds is 2. The fraction of sp³-hybridized carbons (Fsp3) is 0. The van der Waals surface area contributed by atoms with Crippen molar-refractivity contribution in [3.8, 4) is 0 Å². The van der Waals surface area contributed by atoms with Crippen LogP contribution >= 0.6 is 11.6 Å². The van der Waals surface area contributed by atoms with E-state index in [9.17, 15) is 22.8 Å². The van der Waals surface area contributed by atoms with Crippen molar-refractivity contribution in [2.75, 3.05) is 4.90 Å². The van der Waals surface area contributed by atoms with Crippen molar-refractivity contribution in [1.29, 1.82) is 0 Å². The molecule has 0 aromatic heterocycles. The Morgan fingerprint density at radius 3 is 2.09 bits per heavy atom. The lowest BCUT2D eigenvalue weighted by molar-refractivity contribution is -0.119. The number of nitrogens with zero attached hydrogens (tertiary/aromatic N) is 1. The minimum absolute atomic E-state index is 0.124. The quantitative estimate of drug-likeness (QED) is 0.785. The third-order valence-corrected chi connectivity index (χ3v) is 3.67. The summed E-state index contributed by atoms with van der Waals surface area (Å²) in [5.74, 6) is -4.47. The lowest BCUT2D eigenvalue weighted by Crippen LogP contribution is -2.31. The summed E-state index contributed by atoms with van der Waals surface area (Å²) in [7, 11) is 0. The first-order chi connectivity index (χ1) is 10.9. The molecule has 1 heterocycles. The van der Waals surface area contributed by atoms with Crippen LogP contribution in [0.4, 0.5) is 18.9 Å². The van der Waals surface area contributed by atoms with E-state index in [0.717, 1.165) is 30.3 Å². The Labute approximate surface area is 133 Å². The molecule has 23 heavy (non-hydrogen) atoms. The van der Waals surface area contributed by atoms with Crippen molar-refractivity contribution in [2.45, 2.75) is 0 Å². The number of hydrogen-bond donors (Lipinski definition) is 0. The number of amides is 2. The summed E-state index contributed by atoms with van der Waals surface area (Å²) in [6, 6.07) is 7.44. The molecule has 0 radical (unpaired) electrons. The molecule has 7 heteroatoms. The van der Waals surface area contributed by atoms with Crippen LogP contribution in [0.15, 0.2) is 47.5 Å². The number of anilines is 1. The van der Waals surface area contributed by atoms with Gasteiger partial charge in [0, 0.05) is 6.07 Å². The molecule has 0 unspecified atom stereocenters. The number of carbonyl (C=O) groups is 2. The number of hydrogen-bond acceptors (Lipinski definition) is 2. The van der Waals surface area contributed by atoms with Crippen molar-refractivity contribution in [3.63, 3.8) is 0 Å². The van der Waals surface area contributed by atoms with Gasteiger partial charge in [0.25, 0.3) is 11.8 Å². The highest BCUT2D eigenvalue weighted by Gasteiger charge is 2.39. The van der Waals surface area contributed by atoms with Gasteiger partial charge in [-0.25, -0.2) is 18.1 Å². The van der Waals surface area contributed by atoms with E-state index in [1.807, 2.05) is 0 Å². The Morgan fingerprint density at radius 2 is 1.48 bits per heavy atom. The molecular formula is C16H7ClF3NO2. The lowest BCUT2D eigenvalue weighted by atomic mass is 10.1. The number of carbonyl (C=O) groups excluding carboxylic acids is 2. The first-order valence-corrected chi connectivity index (χ1v) is 6.77. The van der Waals surface area contributed by atoms with Gasteiger partial charge >= 0.3 is 0 Å². The molecule has 0 saturated carbocycles. The van der Waals surface area contributed by atoms with Crippen LogP contribution < -0.4 is 4.90 Å². The summed E-state index contributed by atoms with van der Waals surface area (Å²) in [6.45, 7) is 0. The summed E-state index contributed by atoms with van der Waals surface area (Å²) in [6.07, 6.45) is 0. The first-order valence-electron chi connectivity index (χ1n) is 6.39. The highest BCUT2D eigenvalue weighted by Crippen LogP contribution is 2.35. The van der Waals surface area contributed by atoms with Crippen molar-refractivity contribution in [3.05, 3.63) is 70.5 Å². The standard InChI is InChI=1S/C16H7ClF3NO2/c17-14-13(8-1-3-9(18)4-2-8)15(22)21(16(14)23)10-5-6-11(19)12(20)7-10/h1-7H. The highest BCUT2D eigenvalue weighted by atomic mass is 35.5. The van der Waals surface area contributed by atoms with Gasteiger partial charge in [-0.15, -0.1) is 0 Å². The van der Waals surface area contributed by atoms with E-state index >= 15 is 0 Å². The molecule has 0 spiro atoms. The molecule has 1 aliphatic rings. The van der Waals surface area contributed by atoms with Crippen LogP contribution in [0.1, 0.15) is 5.56 Å². The Balaban J connectivity index is 2.05. The predicted molar refractivity (Wildman–Crippen MR) is 78.0 cm³/mol. The maximum Gasteiger partial charge on any atom is 0.277 e. The normalized spacial score (nSPS) is 14.9. The van der Waals surface area contributed by atoms with Crippen molar-refractivity contribution in [1.82, 2.24) is 0 Å². The van der Waals surface area contributed by atoms with Crippen LogP contribution in [0.25, 0.3) is 5.57 Å². The minimum Gasteiger partial charge on any atom is -0.268 e. The molecule has 0 N–H and O–H groups in total. The van der Waals surface area contributed by atoms with Gasteiger partial charge in [-0.1, -0.05) is 23.7 Å². The average molecular weight is 338 g/mol. The molecular weight excluding hydrogens is 331 g/mol. The summed E-state index contributed by atoms with van der Waals surface area (Å²) in [5, 5.41) is -0.369. The number of halogens is 4. The van der Waals surface area contributed by atoms with Crippen molar-refractivity contribution < 1.29 is 22.8 Å².